The van der Waals surface area contributed by atoms with Crippen LogP contribution in [0.5, 0.6) is 0 Å². The maximum Gasteiger partial charge on any atom is 0.321 e. The molecule has 1 unspecified atom stereocenters. The molecule has 6 rings (SSSR count). The molecule has 230 valence electrons. The molecule has 2 aromatic rings. The molecule has 0 bridgehead atoms. The first kappa shape index (κ1) is 29.7. The first-order valence-corrected chi connectivity index (χ1v) is 16.4. The molecule has 0 radical (unpaired) electrons. The smallest absolute Gasteiger partial charge is 0.321 e. The van der Waals surface area contributed by atoms with Crippen LogP contribution in [0.3, 0.4) is 0 Å². The van der Waals surface area contributed by atoms with Gasteiger partial charge in [-0.25, -0.2) is 4.79 Å². The number of nitrogens with one attached hydrogen (secondary N) is 1. The molecule has 0 aromatic heterocycles. The summed E-state index contributed by atoms with van der Waals surface area (Å²) < 4.78 is 0. The normalized spacial score (nSPS) is 26.0. The van der Waals surface area contributed by atoms with Crippen molar-refractivity contribution in [2.24, 2.45) is 5.92 Å². The summed E-state index contributed by atoms with van der Waals surface area (Å²) in [4.78, 5) is 44.8. The second-order valence-electron chi connectivity index (χ2n) is 13.1. The second kappa shape index (κ2) is 13.5. The van der Waals surface area contributed by atoms with Gasteiger partial charge in [-0.2, -0.15) is 0 Å². The maximum absolute atomic E-state index is 13.9. The summed E-state index contributed by atoms with van der Waals surface area (Å²) in [6.07, 6.45) is 10.6. The van der Waals surface area contributed by atoms with E-state index in [-0.39, 0.29) is 36.0 Å². The van der Waals surface area contributed by atoms with E-state index >= 15 is 0 Å². The molecule has 4 aliphatic rings. The van der Waals surface area contributed by atoms with Gasteiger partial charge in [0.15, 0.2) is 0 Å². The van der Waals surface area contributed by atoms with Gasteiger partial charge in [-0.1, -0.05) is 61.7 Å². The van der Waals surface area contributed by atoms with Gasteiger partial charge in [0.1, 0.15) is 0 Å². The first-order valence-electron chi connectivity index (χ1n) is 16.4. The zero-order valence-electron chi connectivity index (χ0n) is 25.2. The zero-order chi connectivity index (χ0) is 29.8. The van der Waals surface area contributed by atoms with E-state index in [1.54, 1.807) is 0 Å². The Labute approximate surface area is 255 Å². The number of carbonyl (C=O) groups is 3. The molecule has 0 spiro atoms. The highest BCUT2D eigenvalue weighted by Gasteiger charge is 2.45. The van der Waals surface area contributed by atoms with E-state index in [0.29, 0.717) is 37.3 Å². The summed E-state index contributed by atoms with van der Waals surface area (Å²) in [7, 11) is 0. The highest BCUT2D eigenvalue weighted by molar-refractivity contribution is 5.94. The van der Waals surface area contributed by atoms with Crippen LogP contribution in [0.15, 0.2) is 54.6 Å². The number of aliphatic carboxylic acids is 1. The minimum atomic E-state index is -0.730. The molecule has 8 nitrogen and oxygen atoms in total. The summed E-state index contributed by atoms with van der Waals surface area (Å²) >= 11 is 0. The molecule has 2 aromatic carbocycles. The topological polar surface area (TPSA) is 93.2 Å². The predicted molar refractivity (Wildman–Crippen MR) is 166 cm³/mol. The third-order valence-corrected chi connectivity index (χ3v) is 10.4. The van der Waals surface area contributed by atoms with E-state index in [1.807, 2.05) is 24.3 Å². The Bertz CT molecular complexity index is 1250. The van der Waals surface area contributed by atoms with Gasteiger partial charge in [-0.15, -0.1) is 0 Å². The number of urea groups is 1. The molecule has 43 heavy (non-hydrogen) atoms. The predicted octanol–water partition coefficient (Wildman–Crippen LogP) is 5.84. The van der Waals surface area contributed by atoms with E-state index in [4.69, 9.17) is 0 Å². The monoisotopic (exact) mass is 586 g/mol. The van der Waals surface area contributed by atoms with E-state index in [0.717, 1.165) is 51.9 Å². The average molecular weight is 587 g/mol. The van der Waals surface area contributed by atoms with Crippen LogP contribution in [0.1, 0.15) is 98.2 Å². The van der Waals surface area contributed by atoms with Crippen molar-refractivity contribution in [2.75, 3.05) is 19.6 Å². The lowest BCUT2D eigenvalue weighted by atomic mass is 9.86. The minimum absolute atomic E-state index is 0.0443. The zero-order valence-corrected chi connectivity index (χ0v) is 25.2. The quantitative estimate of drug-likeness (QED) is 0.406. The van der Waals surface area contributed by atoms with Crippen molar-refractivity contribution in [3.8, 4) is 0 Å². The van der Waals surface area contributed by atoms with Crippen molar-refractivity contribution in [3.63, 3.8) is 0 Å². The molecule has 2 N–H and O–H groups in total. The van der Waals surface area contributed by atoms with E-state index in [9.17, 15) is 19.5 Å². The summed E-state index contributed by atoms with van der Waals surface area (Å²) in [6.45, 7) is 3.52. The van der Waals surface area contributed by atoms with Crippen LogP contribution in [0.4, 0.5) is 4.79 Å². The number of nitrogens with zero attached hydrogens (tertiary/aromatic N) is 3. The highest BCUT2D eigenvalue weighted by atomic mass is 16.4. The Morgan fingerprint density at radius 3 is 2.12 bits per heavy atom. The van der Waals surface area contributed by atoms with E-state index in [1.165, 1.54) is 30.4 Å². The van der Waals surface area contributed by atoms with Crippen LogP contribution < -0.4 is 5.32 Å². The number of rotatable bonds is 8. The Kier molecular flexibility index (Phi) is 9.31. The van der Waals surface area contributed by atoms with Gasteiger partial charge in [0.05, 0.1) is 12.0 Å². The van der Waals surface area contributed by atoms with Crippen LogP contribution in [0.2, 0.25) is 0 Å². The van der Waals surface area contributed by atoms with Gasteiger partial charge < -0.3 is 20.2 Å². The minimum Gasteiger partial charge on any atom is -0.481 e. The van der Waals surface area contributed by atoms with Gasteiger partial charge in [0, 0.05) is 49.9 Å². The van der Waals surface area contributed by atoms with Gasteiger partial charge in [0.25, 0.3) is 5.91 Å². The number of carboxylic acids is 1. The fraction of sp³-hybridized carbons (Fsp3) is 0.571. The summed E-state index contributed by atoms with van der Waals surface area (Å²) in [6, 6.07) is 19.5. The number of carboxylic acid groups (broad SMARTS) is 1. The second-order valence-corrected chi connectivity index (χ2v) is 13.1. The van der Waals surface area contributed by atoms with Crippen molar-refractivity contribution in [2.45, 2.75) is 101 Å². The number of hydrogen-bond donors (Lipinski definition) is 2. The third kappa shape index (κ3) is 6.90. The van der Waals surface area contributed by atoms with Gasteiger partial charge in [-0.05, 0) is 74.6 Å². The third-order valence-electron chi connectivity index (χ3n) is 10.4. The molecule has 2 aliphatic carbocycles. The van der Waals surface area contributed by atoms with Crippen LogP contribution in [0.25, 0.3) is 0 Å². The molecule has 8 heteroatoms. The molecule has 2 heterocycles. The van der Waals surface area contributed by atoms with E-state index < -0.39 is 5.97 Å². The molecule has 1 atom stereocenters. The maximum atomic E-state index is 13.9. The molecular formula is C35H46N4O4. The molecular weight excluding hydrogens is 540 g/mol. The lowest BCUT2D eigenvalue weighted by molar-refractivity contribution is -0.142. The summed E-state index contributed by atoms with van der Waals surface area (Å²) in [5.74, 6) is -1.10. The highest BCUT2D eigenvalue weighted by Crippen LogP contribution is 2.38. The van der Waals surface area contributed by atoms with Crippen LogP contribution in [-0.2, 0) is 11.3 Å². The Morgan fingerprint density at radius 2 is 1.47 bits per heavy atom. The van der Waals surface area contributed by atoms with Crippen molar-refractivity contribution in [1.29, 1.82) is 0 Å². The Hall–Kier alpha value is -3.39. The fourth-order valence-corrected chi connectivity index (χ4v) is 7.81. The van der Waals surface area contributed by atoms with Crippen LogP contribution >= 0.6 is 0 Å². The SMILES string of the molecule is O=C(NC1CCC(C(=O)O)CC1)c1ccc(CN2CCC(N3C(=O)N(C4CCCCC4)CC3c3ccccc3)CC2)cc1. The molecule has 2 aliphatic heterocycles. The van der Waals surface area contributed by atoms with Crippen LogP contribution in [0, 0.1) is 5.92 Å². The van der Waals surface area contributed by atoms with Crippen molar-refractivity contribution in [1.82, 2.24) is 20.0 Å². The number of benzene rings is 2. The van der Waals surface area contributed by atoms with E-state index in [2.05, 4.69) is 50.3 Å². The number of amides is 3. The summed E-state index contributed by atoms with van der Waals surface area (Å²) in [5.41, 5.74) is 3.07. The molecule has 3 amide bonds. The van der Waals surface area contributed by atoms with Crippen molar-refractivity contribution < 1.29 is 19.5 Å². The molecule has 4 fully saturated rings. The number of hydrogen-bond acceptors (Lipinski definition) is 4. The summed E-state index contributed by atoms with van der Waals surface area (Å²) in [5, 5.41) is 12.3. The van der Waals surface area contributed by atoms with Crippen molar-refractivity contribution in [3.05, 3.63) is 71.3 Å². The molecule has 2 saturated heterocycles. The molecule has 2 saturated carbocycles. The van der Waals surface area contributed by atoms with Crippen molar-refractivity contribution >= 4 is 17.9 Å². The fourth-order valence-electron chi connectivity index (χ4n) is 7.81. The number of carbonyl (C=O) groups excluding carboxylic acids is 2. The van der Waals surface area contributed by atoms with Crippen LogP contribution in [-0.4, -0.2) is 75.5 Å². The van der Waals surface area contributed by atoms with Gasteiger partial charge in [0.2, 0.25) is 0 Å². The largest absolute Gasteiger partial charge is 0.481 e. The Balaban J connectivity index is 1.02. The number of piperidine rings is 1. The Morgan fingerprint density at radius 1 is 0.791 bits per heavy atom. The number of likely N-dealkylation sites (tertiary alicyclic amines) is 1. The first-order chi connectivity index (χ1) is 21.0. The lowest BCUT2D eigenvalue weighted by Crippen LogP contribution is -2.48. The average Bonchev–Trinajstić information content (AvgIpc) is 3.39. The standard InChI is InChI=1S/C35H46N4O4/c40-33(36-29-17-15-28(16-18-29)34(41)42)27-13-11-25(12-14-27)23-37-21-19-31(20-22-37)39-32(26-7-3-1-4-8-26)24-38(35(39)43)30-9-5-2-6-10-30/h1,3-4,7-8,11-14,28-32H,2,5-6,9-10,15-24H2,(H,36,40)(H,41,42). The van der Waals surface area contributed by atoms with Gasteiger partial charge in [-0.3, -0.25) is 14.5 Å². The lowest BCUT2D eigenvalue weighted by Gasteiger charge is -2.39. The van der Waals surface area contributed by atoms with Gasteiger partial charge >= 0.3 is 12.0 Å².